The van der Waals surface area contributed by atoms with Crippen LogP contribution in [0.1, 0.15) is 28.8 Å². The van der Waals surface area contributed by atoms with Crippen molar-refractivity contribution in [2.24, 2.45) is 0 Å². The normalized spacial score (nSPS) is 17.0. The van der Waals surface area contributed by atoms with E-state index in [0.717, 1.165) is 38.2 Å². The Hall–Kier alpha value is -2.44. The Morgan fingerprint density at radius 1 is 1.21 bits per heavy atom. The van der Waals surface area contributed by atoms with Gasteiger partial charge in [-0.2, -0.15) is 0 Å². The number of carbonyl (C=O) groups is 1. The van der Waals surface area contributed by atoms with Gasteiger partial charge in [-0.05, 0) is 42.7 Å². The zero-order chi connectivity index (χ0) is 20.2. The number of rotatable bonds is 5. The maximum Gasteiger partial charge on any atom is 0.251 e. The van der Waals surface area contributed by atoms with E-state index >= 15 is 0 Å². The Morgan fingerprint density at radius 2 is 2.00 bits per heavy atom. The van der Waals surface area contributed by atoms with E-state index in [4.69, 9.17) is 25.8 Å². The highest BCUT2D eigenvalue weighted by atomic mass is 35.5. The largest absolute Gasteiger partial charge is 0.497 e. The summed E-state index contributed by atoms with van der Waals surface area (Å²) in [4.78, 5) is 15.1. The molecule has 0 unspecified atom stereocenters. The van der Waals surface area contributed by atoms with Gasteiger partial charge in [0.2, 0.25) is 0 Å². The lowest BCUT2D eigenvalue weighted by Gasteiger charge is -2.32. The minimum absolute atomic E-state index is 0.130. The molecule has 2 aromatic carbocycles. The van der Waals surface area contributed by atoms with Gasteiger partial charge in [-0.15, -0.1) is 0 Å². The van der Waals surface area contributed by atoms with Crippen molar-refractivity contribution in [3.05, 3.63) is 52.5 Å². The number of nitrogens with zero attached hydrogens (tertiary/aromatic N) is 1. The van der Waals surface area contributed by atoms with Crippen LogP contribution in [0, 0.1) is 0 Å². The molecular formula is C22H25ClN2O4. The van der Waals surface area contributed by atoms with Crippen molar-refractivity contribution in [2.75, 3.05) is 33.4 Å². The molecule has 2 aliphatic rings. The van der Waals surface area contributed by atoms with E-state index in [9.17, 15) is 4.79 Å². The number of nitrogens with one attached hydrogen (secondary N) is 1. The van der Waals surface area contributed by atoms with Crippen LogP contribution in [-0.4, -0.2) is 50.3 Å². The fourth-order valence-electron chi connectivity index (χ4n) is 3.78. The van der Waals surface area contributed by atoms with Crippen molar-refractivity contribution < 1.29 is 19.0 Å². The van der Waals surface area contributed by atoms with Crippen molar-refractivity contribution in [2.45, 2.75) is 25.4 Å². The van der Waals surface area contributed by atoms with Gasteiger partial charge >= 0.3 is 0 Å². The van der Waals surface area contributed by atoms with Crippen molar-refractivity contribution >= 4 is 17.5 Å². The Bertz CT molecular complexity index is 881. The van der Waals surface area contributed by atoms with E-state index in [1.807, 2.05) is 12.1 Å². The Kier molecular flexibility index (Phi) is 6.11. The van der Waals surface area contributed by atoms with E-state index < -0.39 is 0 Å². The summed E-state index contributed by atoms with van der Waals surface area (Å²) in [5, 5.41) is 3.53. The molecule has 0 spiro atoms. The van der Waals surface area contributed by atoms with Gasteiger partial charge < -0.3 is 19.5 Å². The summed E-state index contributed by atoms with van der Waals surface area (Å²) in [5.41, 5.74) is 1.73. The molecule has 6 nitrogen and oxygen atoms in total. The quantitative estimate of drug-likeness (QED) is 0.808. The van der Waals surface area contributed by atoms with Gasteiger partial charge in [-0.3, -0.25) is 9.69 Å². The van der Waals surface area contributed by atoms with Gasteiger partial charge in [0.1, 0.15) is 19.0 Å². The van der Waals surface area contributed by atoms with Gasteiger partial charge in [0.15, 0.2) is 11.5 Å². The zero-order valence-corrected chi connectivity index (χ0v) is 17.2. The third kappa shape index (κ3) is 4.77. The summed E-state index contributed by atoms with van der Waals surface area (Å²) in [6.45, 7) is 3.68. The molecule has 0 atom stereocenters. The number of hydrogen-bond donors (Lipinski definition) is 1. The van der Waals surface area contributed by atoms with Crippen LogP contribution in [0.25, 0.3) is 0 Å². The van der Waals surface area contributed by atoms with Crippen LogP contribution >= 0.6 is 11.6 Å². The highest BCUT2D eigenvalue weighted by molar-refractivity contribution is 6.32. The fraction of sp³-hybridized carbons (Fsp3) is 0.409. The summed E-state index contributed by atoms with van der Waals surface area (Å²) in [6, 6.07) is 11.6. The van der Waals surface area contributed by atoms with Crippen LogP contribution < -0.4 is 19.5 Å². The van der Waals surface area contributed by atoms with Gasteiger partial charge in [-0.25, -0.2) is 0 Å². The highest BCUT2D eigenvalue weighted by Crippen LogP contribution is 2.38. The second-order valence-corrected chi connectivity index (χ2v) is 7.76. The number of carbonyl (C=O) groups excluding carboxylic acids is 1. The molecule has 154 valence electrons. The third-order valence-electron chi connectivity index (χ3n) is 5.32. The van der Waals surface area contributed by atoms with Gasteiger partial charge in [-0.1, -0.05) is 23.7 Å². The van der Waals surface area contributed by atoms with Crippen LogP contribution in [-0.2, 0) is 6.54 Å². The van der Waals surface area contributed by atoms with Gasteiger partial charge in [0.25, 0.3) is 5.91 Å². The predicted octanol–water partition coefficient (Wildman–Crippen LogP) is 3.51. The molecule has 1 N–H and O–H groups in total. The van der Waals surface area contributed by atoms with E-state index in [1.54, 1.807) is 19.2 Å². The molecular weight excluding hydrogens is 392 g/mol. The van der Waals surface area contributed by atoms with Crippen molar-refractivity contribution in [1.29, 1.82) is 0 Å². The molecule has 0 aliphatic carbocycles. The fourth-order valence-corrected chi connectivity index (χ4v) is 4.04. The molecule has 1 fully saturated rings. The molecule has 0 bridgehead atoms. The first-order valence-electron chi connectivity index (χ1n) is 9.87. The Morgan fingerprint density at radius 3 is 2.79 bits per heavy atom. The number of likely N-dealkylation sites (tertiary alicyclic amines) is 1. The summed E-state index contributed by atoms with van der Waals surface area (Å²) in [6.07, 6.45) is 1.82. The van der Waals surface area contributed by atoms with E-state index in [1.165, 1.54) is 5.56 Å². The van der Waals surface area contributed by atoms with Crippen molar-refractivity contribution in [3.63, 3.8) is 0 Å². The predicted molar refractivity (Wildman–Crippen MR) is 111 cm³/mol. The lowest BCUT2D eigenvalue weighted by Crippen LogP contribution is -2.44. The average molecular weight is 417 g/mol. The maximum absolute atomic E-state index is 12.7. The summed E-state index contributed by atoms with van der Waals surface area (Å²) in [7, 11) is 1.68. The molecule has 0 saturated carbocycles. The molecule has 0 aromatic heterocycles. The second kappa shape index (κ2) is 8.93. The maximum atomic E-state index is 12.7. The lowest BCUT2D eigenvalue weighted by molar-refractivity contribution is 0.0907. The number of halogens is 1. The van der Waals surface area contributed by atoms with Crippen molar-refractivity contribution in [3.8, 4) is 17.2 Å². The molecule has 1 saturated heterocycles. The number of fused-ring (bicyclic) bond motifs is 1. The molecule has 7 heteroatoms. The van der Waals surface area contributed by atoms with Crippen molar-refractivity contribution in [1.82, 2.24) is 10.2 Å². The van der Waals surface area contributed by atoms with E-state index in [-0.39, 0.29) is 11.9 Å². The Labute approximate surface area is 175 Å². The minimum Gasteiger partial charge on any atom is -0.497 e. The number of ether oxygens (including phenoxy) is 3. The molecule has 29 heavy (non-hydrogen) atoms. The first kappa shape index (κ1) is 19.9. The number of piperidine rings is 1. The second-order valence-electron chi connectivity index (χ2n) is 7.36. The zero-order valence-electron chi connectivity index (χ0n) is 16.4. The third-order valence-corrected chi connectivity index (χ3v) is 5.60. The van der Waals surface area contributed by atoms with Crippen LogP contribution in [0.5, 0.6) is 17.2 Å². The monoisotopic (exact) mass is 416 g/mol. The topological polar surface area (TPSA) is 60.0 Å². The minimum atomic E-state index is -0.130. The van der Waals surface area contributed by atoms with Crippen LogP contribution in [0.15, 0.2) is 36.4 Å². The summed E-state index contributed by atoms with van der Waals surface area (Å²) in [5.74, 6) is 1.79. The van der Waals surface area contributed by atoms with Crippen LogP contribution in [0.4, 0.5) is 0 Å². The molecule has 4 rings (SSSR count). The van der Waals surface area contributed by atoms with Gasteiger partial charge in [0.05, 0.1) is 12.1 Å². The highest BCUT2D eigenvalue weighted by Gasteiger charge is 2.23. The first-order chi connectivity index (χ1) is 14.1. The number of hydrogen-bond acceptors (Lipinski definition) is 5. The molecule has 0 radical (unpaired) electrons. The molecule has 2 aromatic rings. The van der Waals surface area contributed by atoms with E-state index in [2.05, 4.69) is 22.3 Å². The number of amides is 1. The molecule has 2 aliphatic heterocycles. The summed E-state index contributed by atoms with van der Waals surface area (Å²) >= 11 is 6.25. The molecule has 2 heterocycles. The molecule has 1 amide bonds. The standard InChI is InChI=1S/C22H25ClN2O4/c1-27-18-4-2-3-15(11-18)14-25-7-5-17(6-8-25)24-22(26)16-12-19(23)21-20(13-16)28-9-10-29-21/h2-4,11-13,17H,5-10,14H2,1H3,(H,24,26). The lowest BCUT2D eigenvalue weighted by atomic mass is 10.0. The van der Waals surface area contributed by atoms with Crippen LogP contribution in [0.3, 0.4) is 0 Å². The Balaban J connectivity index is 1.31. The SMILES string of the molecule is COc1cccc(CN2CCC(NC(=O)c3cc(Cl)c4c(c3)OCCO4)CC2)c1. The van der Waals surface area contributed by atoms with E-state index in [0.29, 0.717) is 35.3 Å². The van der Waals surface area contributed by atoms with Gasteiger partial charge in [0, 0.05) is 31.2 Å². The summed E-state index contributed by atoms with van der Waals surface area (Å²) < 4.78 is 16.4. The van der Waals surface area contributed by atoms with Crippen LogP contribution in [0.2, 0.25) is 5.02 Å². The number of benzene rings is 2. The number of methoxy groups -OCH3 is 1. The smallest absolute Gasteiger partial charge is 0.251 e. The average Bonchev–Trinajstić information content (AvgIpc) is 2.75. The first-order valence-corrected chi connectivity index (χ1v) is 10.3.